The van der Waals surface area contributed by atoms with Crippen LogP contribution in [0, 0.1) is 21.4 Å². The molecule has 0 bridgehead atoms. The fourth-order valence-corrected chi connectivity index (χ4v) is 1.45. The van der Waals surface area contributed by atoms with Gasteiger partial charge in [0.1, 0.15) is 0 Å². The lowest BCUT2D eigenvalue weighted by Gasteiger charge is -2.06. The van der Waals surface area contributed by atoms with E-state index in [2.05, 4.69) is 15.3 Å². The lowest BCUT2D eigenvalue weighted by Crippen LogP contribution is -1.99. The number of benzene rings is 1. The number of nitriles is 1. The smallest absolute Gasteiger partial charge is 0.312 e. The van der Waals surface area contributed by atoms with Gasteiger partial charge in [0, 0.05) is 25.4 Å². The first-order valence-electron chi connectivity index (χ1n) is 5.51. The summed E-state index contributed by atoms with van der Waals surface area (Å²) in [5.41, 5.74) is -0.115. The number of nitrogens with zero attached hydrogens (tertiary/aromatic N) is 4. The summed E-state index contributed by atoms with van der Waals surface area (Å²) in [6.45, 7) is 0. The minimum Gasteiger partial charge on any atom is -0.432 e. The van der Waals surface area contributed by atoms with E-state index in [1.54, 1.807) is 7.05 Å². The van der Waals surface area contributed by atoms with E-state index in [1.165, 1.54) is 24.4 Å². The Hall–Kier alpha value is -3.21. The van der Waals surface area contributed by atoms with Gasteiger partial charge in [-0.25, -0.2) is 4.98 Å². The van der Waals surface area contributed by atoms with Gasteiger partial charge in [-0.1, -0.05) is 0 Å². The van der Waals surface area contributed by atoms with E-state index >= 15 is 0 Å². The van der Waals surface area contributed by atoms with Gasteiger partial charge in [0.2, 0.25) is 17.6 Å². The highest BCUT2D eigenvalue weighted by atomic mass is 16.6. The number of nitro groups is 1. The van der Waals surface area contributed by atoms with Gasteiger partial charge < -0.3 is 10.1 Å². The number of anilines is 1. The molecule has 8 nitrogen and oxygen atoms in total. The number of nitrogens with one attached hydrogen (secondary N) is 1. The third-order valence-electron chi connectivity index (χ3n) is 2.35. The molecule has 0 aliphatic rings. The van der Waals surface area contributed by atoms with Crippen LogP contribution in [-0.2, 0) is 0 Å². The maximum absolute atomic E-state index is 11.0. The van der Waals surface area contributed by atoms with Crippen LogP contribution >= 0.6 is 0 Å². The normalized spacial score (nSPS) is 9.60. The molecule has 20 heavy (non-hydrogen) atoms. The Kier molecular flexibility index (Phi) is 3.72. The zero-order chi connectivity index (χ0) is 14.5. The molecule has 0 aliphatic heterocycles. The predicted octanol–water partition coefficient (Wildman–Crippen LogP) is 2.09. The molecule has 0 radical (unpaired) electrons. The van der Waals surface area contributed by atoms with Crippen LogP contribution in [0.4, 0.5) is 11.6 Å². The Morgan fingerprint density at radius 3 is 2.90 bits per heavy atom. The second-order valence-corrected chi connectivity index (χ2v) is 3.62. The van der Waals surface area contributed by atoms with E-state index in [0.717, 1.165) is 6.07 Å². The van der Waals surface area contributed by atoms with Crippen LogP contribution < -0.4 is 10.1 Å². The molecule has 1 N–H and O–H groups in total. The maximum Gasteiger partial charge on any atom is 0.312 e. The lowest BCUT2D eigenvalue weighted by molar-refractivity contribution is -0.385. The summed E-state index contributed by atoms with van der Waals surface area (Å²) in [6.07, 6.45) is 1.46. The van der Waals surface area contributed by atoms with E-state index in [0.29, 0.717) is 5.95 Å². The van der Waals surface area contributed by atoms with E-state index in [1.807, 2.05) is 6.07 Å². The van der Waals surface area contributed by atoms with Gasteiger partial charge in [0.15, 0.2) is 0 Å². The Morgan fingerprint density at radius 1 is 1.45 bits per heavy atom. The Balaban J connectivity index is 2.37. The highest BCUT2D eigenvalue weighted by Gasteiger charge is 2.17. The van der Waals surface area contributed by atoms with Crippen LogP contribution in [0.5, 0.6) is 11.6 Å². The zero-order valence-corrected chi connectivity index (χ0v) is 10.4. The molecular formula is C12H9N5O3. The molecule has 0 aliphatic carbocycles. The van der Waals surface area contributed by atoms with Crippen molar-refractivity contribution in [3.63, 3.8) is 0 Å². The molecule has 2 aromatic rings. The Bertz CT molecular complexity index is 696. The highest BCUT2D eigenvalue weighted by Crippen LogP contribution is 2.31. The minimum absolute atomic E-state index is 0.00903. The van der Waals surface area contributed by atoms with Gasteiger partial charge >= 0.3 is 5.69 Å². The van der Waals surface area contributed by atoms with Crippen molar-refractivity contribution in [2.75, 3.05) is 12.4 Å². The number of hydrogen-bond acceptors (Lipinski definition) is 7. The van der Waals surface area contributed by atoms with Crippen molar-refractivity contribution < 1.29 is 9.66 Å². The van der Waals surface area contributed by atoms with Gasteiger partial charge in [-0.05, 0) is 12.1 Å². The first-order chi connectivity index (χ1) is 9.63. The fraction of sp³-hybridized carbons (Fsp3) is 0.0833. The molecule has 1 heterocycles. The van der Waals surface area contributed by atoms with E-state index in [9.17, 15) is 10.1 Å². The van der Waals surface area contributed by atoms with Crippen LogP contribution in [0.25, 0.3) is 0 Å². The summed E-state index contributed by atoms with van der Waals surface area (Å²) in [5, 5.41) is 22.5. The molecule has 2 rings (SSSR count). The van der Waals surface area contributed by atoms with Crippen molar-refractivity contribution in [2.45, 2.75) is 0 Å². The number of ether oxygens (including phenoxy) is 1. The Labute approximate surface area is 113 Å². The molecule has 0 fully saturated rings. The summed E-state index contributed by atoms with van der Waals surface area (Å²) in [5.74, 6) is 0.505. The first kappa shape index (κ1) is 13.2. The second-order valence-electron chi connectivity index (χ2n) is 3.62. The van der Waals surface area contributed by atoms with Crippen LogP contribution in [0.15, 0.2) is 30.5 Å². The molecule has 0 atom stereocenters. The fourth-order valence-electron chi connectivity index (χ4n) is 1.45. The number of aromatic nitrogens is 2. The molecule has 100 valence electrons. The summed E-state index contributed by atoms with van der Waals surface area (Å²) in [6, 6.07) is 7.25. The van der Waals surface area contributed by atoms with Crippen LogP contribution in [-0.4, -0.2) is 21.9 Å². The largest absolute Gasteiger partial charge is 0.432 e. The lowest BCUT2D eigenvalue weighted by atomic mass is 10.2. The van der Waals surface area contributed by atoms with Crippen molar-refractivity contribution in [3.8, 4) is 17.7 Å². The van der Waals surface area contributed by atoms with Crippen molar-refractivity contribution in [2.24, 2.45) is 0 Å². The maximum atomic E-state index is 11.0. The van der Waals surface area contributed by atoms with E-state index in [4.69, 9.17) is 10.00 Å². The van der Waals surface area contributed by atoms with Crippen molar-refractivity contribution in [1.82, 2.24) is 9.97 Å². The van der Waals surface area contributed by atoms with Gasteiger partial charge in [-0.2, -0.15) is 10.2 Å². The molecular weight excluding hydrogens is 262 g/mol. The van der Waals surface area contributed by atoms with E-state index < -0.39 is 4.92 Å². The summed E-state index contributed by atoms with van der Waals surface area (Å²) in [4.78, 5) is 18.3. The minimum atomic E-state index is -0.615. The van der Waals surface area contributed by atoms with Crippen LogP contribution in [0.2, 0.25) is 0 Å². The average Bonchev–Trinajstić information content (AvgIpc) is 2.47. The standard InChI is InChI=1S/C12H9N5O3/c1-14-12-15-5-4-11(16-12)20-10-3-2-8(7-13)6-9(10)17(18)19/h2-6H,1H3,(H,14,15,16). The van der Waals surface area contributed by atoms with Gasteiger partial charge in [-0.3, -0.25) is 10.1 Å². The SMILES string of the molecule is CNc1nccc(Oc2ccc(C#N)cc2[N+](=O)[O-])n1. The first-order valence-corrected chi connectivity index (χ1v) is 5.51. The third kappa shape index (κ3) is 2.78. The monoisotopic (exact) mass is 271 g/mol. The van der Waals surface area contributed by atoms with Gasteiger partial charge in [0.25, 0.3) is 0 Å². The number of rotatable bonds is 4. The quantitative estimate of drug-likeness (QED) is 0.668. The molecule has 0 spiro atoms. The number of hydrogen-bond donors (Lipinski definition) is 1. The molecule has 0 unspecified atom stereocenters. The average molecular weight is 271 g/mol. The molecule has 0 saturated carbocycles. The highest BCUT2D eigenvalue weighted by molar-refractivity contribution is 5.52. The molecule has 1 aromatic carbocycles. The van der Waals surface area contributed by atoms with Gasteiger partial charge in [0.05, 0.1) is 16.6 Å². The summed E-state index contributed by atoms with van der Waals surface area (Å²) >= 11 is 0. The van der Waals surface area contributed by atoms with E-state index in [-0.39, 0.29) is 22.9 Å². The van der Waals surface area contributed by atoms with Gasteiger partial charge in [-0.15, -0.1) is 0 Å². The third-order valence-corrected chi connectivity index (χ3v) is 2.35. The van der Waals surface area contributed by atoms with Crippen molar-refractivity contribution in [3.05, 3.63) is 46.1 Å². The summed E-state index contributed by atoms with van der Waals surface area (Å²) in [7, 11) is 1.64. The predicted molar refractivity (Wildman–Crippen MR) is 69.5 cm³/mol. The zero-order valence-electron chi connectivity index (χ0n) is 10.4. The topological polar surface area (TPSA) is 114 Å². The number of nitro benzene ring substituents is 1. The van der Waals surface area contributed by atoms with Crippen LogP contribution in [0.1, 0.15) is 5.56 Å². The Morgan fingerprint density at radius 2 is 2.25 bits per heavy atom. The molecule has 0 amide bonds. The van der Waals surface area contributed by atoms with Crippen molar-refractivity contribution in [1.29, 1.82) is 5.26 Å². The molecule has 8 heteroatoms. The van der Waals surface area contributed by atoms with Crippen LogP contribution in [0.3, 0.4) is 0 Å². The molecule has 1 aromatic heterocycles. The van der Waals surface area contributed by atoms with Crippen molar-refractivity contribution >= 4 is 11.6 Å². The summed E-state index contributed by atoms with van der Waals surface area (Å²) < 4.78 is 5.37. The second kappa shape index (κ2) is 5.62. The molecule has 0 saturated heterocycles.